The monoisotopic (exact) mass is 549 g/mol. The zero-order chi connectivity index (χ0) is 28.4. The molecule has 0 bridgehead atoms. The van der Waals surface area contributed by atoms with Crippen molar-refractivity contribution in [1.29, 1.82) is 0 Å². The van der Waals surface area contributed by atoms with Crippen LogP contribution in [0.15, 0.2) is 164 Å². The van der Waals surface area contributed by atoms with E-state index in [0.29, 0.717) is 0 Å². The molecule has 0 amide bonds. The number of fused-ring (bicyclic) bond motifs is 7. The molecular weight excluding hydrogens is 522 g/mol. The summed E-state index contributed by atoms with van der Waals surface area (Å²) in [7, 11) is 0. The molecule has 2 nitrogen and oxygen atoms in total. The van der Waals surface area contributed by atoms with E-state index in [2.05, 4.69) is 168 Å². The summed E-state index contributed by atoms with van der Waals surface area (Å²) >= 11 is 0. The van der Waals surface area contributed by atoms with Gasteiger partial charge < -0.3 is 9.30 Å². The van der Waals surface area contributed by atoms with Gasteiger partial charge >= 0.3 is 0 Å². The highest BCUT2D eigenvalue weighted by Crippen LogP contribution is 2.55. The zero-order valence-corrected chi connectivity index (χ0v) is 23.4. The van der Waals surface area contributed by atoms with Crippen LogP contribution in [-0.4, -0.2) is 4.57 Å². The number of para-hydroxylation sites is 2. The Morgan fingerprint density at radius 2 is 1.07 bits per heavy atom. The van der Waals surface area contributed by atoms with Crippen molar-refractivity contribution in [3.05, 3.63) is 186 Å². The summed E-state index contributed by atoms with van der Waals surface area (Å²) in [6, 6.07) is 58.9. The first-order valence-corrected chi connectivity index (χ1v) is 14.8. The third-order valence-corrected chi connectivity index (χ3v) is 9.11. The van der Waals surface area contributed by atoms with Gasteiger partial charge in [-0.05, 0) is 46.8 Å². The van der Waals surface area contributed by atoms with Gasteiger partial charge in [0.1, 0.15) is 11.5 Å². The topological polar surface area (TPSA) is 14.2 Å². The fourth-order valence-electron chi connectivity index (χ4n) is 7.33. The highest BCUT2D eigenvalue weighted by atomic mass is 16.5. The summed E-state index contributed by atoms with van der Waals surface area (Å²) in [6.45, 7) is 0. The molecule has 0 aliphatic carbocycles. The van der Waals surface area contributed by atoms with Crippen LogP contribution >= 0.6 is 0 Å². The Morgan fingerprint density at radius 1 is 0.442 bits per heavy atom. The van der Waals surface area contributed by atoms with Gasteiger partial charge in [0.15, 0.2) is 0 Å². The van der Waals surface area contributed by atoms with Crippen LogP contribution in [0, 0.1) is 0 Å². The van der Waals surface area contributed by atoms with Crippen molar-refractivity contribution >= 4 is 32.6 Å². The SMILES string of the molecule is c1ccc(C2(c3ccccc3)c3ccccc3Oc3ccc(-n4c5ccccc5c5ccc6ccccc6c54)cc32)cc1. The largest absolute Gasteiger partial charge is 0.457 e. The summed E-state index contributed by atoms with van der Waals surface area (Å²) in [5, 5.41) is 4.98. The molecule has 0 unspecified atom stereocenters. The van der Waals surface area contributed by atoms with Gasteiger partial charge in [-0.3, -0.25) is 0 Å². The predicted molar refractivity (Wildman–Crippen MR) is 177 cm³/mol. The predicted octanol–water partition coefficient (Wildman–Crippen LogP) is 10.4. The van der Waals surface area contributed by atoms with Gasteiger partial charge in [0, 0.05) is 33.0 Å². The first kappa shape index (κ1) is 24.0. The molecule has 1 aromatic heterocycles. The highest BCUT2D eigenvalue weighted by Gasteiger charge is 2.45. The lowest BCUT2D eigenvalue weighted by molar-refractivity contribution is 0.434. The number of rotatable bonds is 3. The summed E-state index contributed by atoms with van der Waals surface area (Å²) in [6.07, 6.45) is 0. The van der Waals surface area contributed by atoms with E-state index in [9.17, 15) is 0 Å². The van der Waals surface area contributed by atoms with E-state index >= 15 is 0 Å². The minimum atomic E-state index is -0.566. The smallest absolute Gasteiger partial charge is 0.132 e. The Hall–Kier alpha value is -5.60. The lowest BCUT2D eigenvalue weighted by Gasteiger charge is -2.41. The minimum absolute atomic E-state index is 0.566. The summed E-state index contributed by atoms with van der Waals surface area (Å²) < 4.78 is 9.12. The summed E-state index contributed by atoms with van der Waals surface area (Å²) in [5.41, 5.74) is 7.66. The average molecular weight is 550 g/mol. The lowest BCUT2D eigenvalue weighted by atomic mass is 9.63. The molecule has 202 valence electrons. The van der Waals surface area contributed by atoms with E-state index in [1.807, 2.05) is 0 Å². The van der Waals surface area contributed by atoms with Crippen LogP contribution in [0.2, 0.25) is 0 Å². The molecule has 0 radical (unpaired) electrons. The Balaban J connectivity index is 1.43. The molecule has 1 aliphatic rings. The molecule has 0 spiro atoms. The minimum Gasteiger partial charge on any atom is -0.457 e. The number of benzene rings is 7. The van der Waals surface area contributed by atoms with Gasteiger partial charge in [0.05, 0.1) is 16.4 Å². The van der Waals surface area contributed by atoms with Crippen molar-refractivity contribution < 1.29 is 4.74 Å². The maximum Gasteiger partial charge on any atom is 0.132 e. The molecule has 8 aromatic rings. The Bertz CT molecular complexity index is 2280. The molecule has 7 aromatic carbocycles. The Morgan fingerprint density at radius 3 is 1.86 bits per heavy atom. The second kappa shape index (κ2) is 9.20. The van der Waals surface area contributed by atoms with E-state index < -0.39 is 5.41 Å². The molecule has 0 N–H and O–H groups in total. The molecule has 2 heterocycles. The first-order valence-electron chi connectivity index (χ1n) is 14.8. The normalized spacial score (nSPS) is 13.5. The quantitative estimate of drug-likeness (QED) is 0.214. The van der Waals surface area contributed by atoms with Crippen molar-refractivity contribution in [3.63, 3.8) is 0 Å². The van der Waals surface area contributed by atoms with Crippen LogP contribution < -0.4 is 4.74 Å². The number of ether oxygens (including phenoxy) is 1. The van der Waals surface area contributed by atoms with Crippen LogP contribution in [0.4, 0.5) is 0 Å². The lowest BCUT2D eigenvalue weighted by Crippen LogP contribution is -2.34. The molecule has 0 saturated heterocycles. The maximum absolute atomic E-state index is 6.68. The van der Waals surface area contributed by atoms with Crippen LogP contribution in [0.5, 0.6) is 11.5 Å². The van der Waals surface area contributed by atoms with Gasteiger partial charge in [0.2, 0.25) is 0 Å². The Kier molecular flexibility index (Phi) is 5.15. The highest BCUT2D eigenvalue weighted by molar-refractivity contribution is 6.18. The van der Waals surface area contributed by atoms with Crippen molar-refractivity contribution in [3.8, 4) is 17.2 Å². The van der Waals surface area contributed by atoms with Gasteiger partial charge in [-0.15, -0.1) is 0 Å². The molecule has 0 atom stereocenters. The molecular formula is C41H27NO. The summed E-state index contributed by atoms with van der Waals surface area (Å²) in [4.78, 5) is 0. The zero-order valence-electron chi connectivity index (χ0n) is 23.4. The molecule has 0 fully saturated rings. The standard InChI is InChI=1S/C41H27NO/c1-3-14-29(15-4-1)41(30-16-5-2-6-17-30)35-20-10-12-22-38(35)43-39-26-24-31(27-36(39)41)42-37-21-11-9-19-33(37)34-25-23-28-13-7-8-18-32(28)40(34)42/h1-27H. The van der Waals surface area contributed by atoms with Crippen LogP contribution in [0.1, 0.15) is 22.3 Å². The fourth-order valence-corrected chi connectivity index (χ4v) is 7.33. The van der Waals surface area contributed by atoms with E-state index in [1.54, 1.807) is 0 Å². The van der Waals surface area contributed by atoms with Gasteiger partial charge in [-0.1, -0.05) is 133 Å². The molecule has 1 aliphatic heterocycles. The number of nitrogens with zero attached hydrogens (tertiary/aromatic N) is 1. The first-order chi connectivity index (χ1) is 21.3. The van der Waals surface area contributed by atoms with Crippen molar-refractivity contribution in [1.82, 2.24) is 4.57 Å². The second-order valence-electron chi connectivity index (χ2n) is 11.3. The van der Waals surface area contributed by atoms with E-state index in [-0.39, 0.29) is 0 Å². The number of hydrogen-bond donors (Lipinski definition) is 0. The molecule has 9 rings (SSSR count). The average Bonchev–Trinajstić information content (AvgIpc) is 3.43. The summed E-state index contributed by atoms with van der Waals surface area (Å²) in [5.74, 6) is 1.76. The number of hydrogen-bond acceptors (Lipinski definition) is 1. The van der Waals surface area contributed by atoms with Crippen LogP contribution in [0.3, 0.4) is 0 Å². The maximum atomic E-state index is 6.68. The van der Waals surface area contributed by atoms with Crippen LogP contribution in [0.25, 0.3) is 38.3 Å². The van der Waals surface area contributed by atoms with E-state index in [4.69, 9.17) is 4.74 Å². The third-order valence-electron chi connectivity index (χ3n) is 9.11. The second-order valence-corrected chi connectivity index (χ2v) is 11.3. The van der Waals surface area contributed by atoms with E-state index in [1.165, 1.54) is 43.7 Å². The van der Waals surface area contributed by atoms with Gasteiger partial charge in [-0.25, -0.2) is 0 Å². The van der Waals surface area contributed by atoms with Crippen molar-refractivity contribution in [2.24, 2.45) is 0 Å². The van der Waals surface area contributed by atoms with Gasteiger partial charge in [0.25, 0.3) is 0 Å². The van der Waals surface area contributed by atoms with Gasteiger partial charge in [-0.2, -0.15) is 0 Å². The number of aromatic nitrogens is 1. The van der Waals surface area contributed by atoms with Crippen LogP contribution in [-0.2, 0) is 5.41 Å². The molecule has 43 heavy (non-hydrogen) atoms. The van der Waals surface area contributed by atoms with E-state index in [0.717, 1.165) is 28.3 Å². The van der Waals surface area contributed by atoms with Crippen molar-refractivity contribution in [2.75, 3.05) is 0 Å². The molecule has 0 saturated carbocycles. The third kappa shape index (κ3) is 3.35. The Labute approximate surface area is 250 Å². The van der Waals surface area contributed by atoms with Crippen molar-refractivity contribution in [2.45, 2.75) is 5.41 Å². The molecule has 2 heteroatoms. The fraction of sp³-hybridized carbons (Fsp3) is 0.0244.